The van der Waals surface area contributed by atoms with Gasteiger partial charge in [0.2, 0.25) is 5.91 Å². The summed E-state index contributed by atoms with van der Waals surface area (Å²) in [5, 5.41) is 6.07. The van der Waals surface area contributed by atoms with Crippen molar-refractivity contribution in [2.75, 3.05) is 13.6 Å². The molecule has 1 heterocycles. The smallest absolute Gasteiger partial charge is 0.224 e. The van der Waals surface area contributed by atoms with Gasteiger partial charge >= 0.3 is 0 Å². The fourth-order valence-corrected chi connectivity index (χ4v) is 2.35. The molecule has 1 aromatic carbocycles. The van der Waals surface area contributed by atoms with Gasteiger partial charge in [0, 0.05) is 24.9 Å². The standard InChI is InChI=1S/C18H23N3O/c1-13(12-19-3)18(22)21-14(2)15-4-6-16(7-5-15)17-8-10-20-11-9-17/h4-11,13-14,19H,12H2,1-3H3,(H,21,22). The number of carbonyl (C=O) groups excluding carboxylic acids is 1. The Balaban J connectivity index is 2.02. The molecule has 1 aromatic heterocycles. The van der Waals surface area contributed by atoms with Crippen LogP contribution >= 0.6 is 0 Å². The van der Waals surface area contributed by atoms with Crippen molar-refractivity contribution in [3.8, 4) is 11.1 Å². The first kappa shape index (κ1) is 16.2. The van der Waals surface area contributed by atoms with E-state index in [4.69, 9.17) is 0 Å². The van der Waals surface area contributed by atoms with Gasteiger partial charge in [0.05, 0.1) is 6.04 Å². The summed E-state index contributed by atoms with van der Waals surface area (Å²) in [4.78, 5) is 16.1. The van der Waals surface area contributed by atoms with Crippen molar-refractivity contribution in [2.45, 2.75) is 19.9 Å². The Kier molecular flexibility index (Phi) is 5.67. The van der Waals surface area contributed by atoms with Crippen molar-refractivity contribution in [1.29, 1.82) is 0 Å². The first-order valence-electron chi connectivity index (χ1n) is 7.57. The molecule has 2 N–H and O–H groups in total. The number of nitrogens with zero attached hydrogens (tertiary/aromatic N) is 1. The molecule has 2 unspecified atom stereocenters. The molecule has 0 bridgehead atoms. The molecule has 4 heteroatoms. The monoisotopic (exact) mass is 297 g/mol. The van der Waals surface area contributed by atoms with Gasteiger partial charge in [0.25, 0.3) is 0 Å². The third-order valence-electron chi connectivity index (χ3n) is 3.74. The number of pyridine rings is 1. The van der Waals surface area contributed by atoms with Crippen molar-refractivity contribution >= 4 is 5.91 Å². The van der Waals surface area contributed by atoms with Crippen LogP contribution in [0.2, 0.25) is 0 Å². The number of carbonyl (C=O) groups is 1. The first-order valence-corrected chi connectivity index (χ1v) is 7.57. The van der Waals surface area contributed by atoms with E-state index in [0.29, 0.717) is 6.54 Å². The lowest BCUT2D eigenvalue weighted by molar-refractivity contribution is -0.125. The van der Waals surface area contributed by atoms with Crippen molar-refractivity contribution in [3.63, 3.8) is 0 Å². The van der Waals surface area contributed by atoms with Crippen LogP contribution in [0.25, 0.3) is 11.1 Å². The van der Waals surface area contributed by atoms with Crippen molar-refractivity contribution in [2.24, 2.45) is 5.92 Å². The lowest BCUT2D eigenvalue weighted by Crippen LogP contribution is -2.35. The van der Waals surface area contributed by atoms with Gasteiger partial charge in [0.15, 0.2) is 0 Å². The zero-order chi connectivity index (χ0) is 15.9. The minimum atomic E-state index is -0.0384. The summed E-state index contributed by atoms with van der Waals surface area (Å²) >= 11 is 0. The van der Waals surface area contributed by atoms with Gasteiger partial charge in [0.1, 0.15) is 0 Å². The van der Waals surface area contributed by atoms with Gasteiger partial charge in [-0.3, -0.25) is 9.78 Å². The molecule has 0 saturated heterocycles. The number of nitrogens with one attached hydrogen (secondary N) is 2. The summed E-state index contributed by atoms with van der Waals surface area (Å²) in [6.07, 6.45) is 3.57. The van der Waals surface area contributed by atoms with Gasteiger partial charge in [-0.05, 0) is 42.8 Å². The number of hydrogen-bond acceptors (Lipinski definition) is 3. The number of amides is 1. The van der Waals surface area contributed by atoms with Gasteiger partial charge in [-0.1, -0.05) is 31.2 Å². The number of rotatable bonds is 6. The summed E-state index contributed by atoms with van der Waals surface area (Å²) in [5.41, 5.74) is 3.39. The van der Waals surface area contributed by atoms with Gasteiger partial charge in [-0.15, -0.1) is 0 Å². The van der Waals surface area contributed by atoms with Crippen LogP contribution in [-0.2, 0) is 4.79 Å². The predicted molar refractivity (Wildman–Crippen MR) is 89.3 cm³/mol. The lowest BCUT2D eigenvalue weighted by Gasteiger charge is -2.18. The van der Waals surface area contributed by atoms with E-state index in [1.54, 1.807) is 12.4 Å². The maximum absolute atomic E-state index is 12.0. The van der Waals surface area contributed by atoms with Crippen LogP contribution in [0.4, 0.5) is 0 Å². The molecule has 0 spiro atoms. The highest BCUT2D eigenvalue weighted by Crippen LogP contribution is 2.21. The quantitative estimate of drug-likeness (QED) is 0.862. The molecule has 2 atom stereocenters. The Labute approximate surface area is 132 Å². The van der Waals surface area contributed by atoms with Crippen molar-refractivity contribution < 1.29 is 4.79 Å². The van der Waals surface area contributed by atoms with Crippen molar-refractivity contribution in [3.05, 3.63) is 54.4 Å². The zero-order valence-corrected chi connectivity index (χ0v) is 13.3. The Bertz CT molecular complexity index is 595. The number of aromatic nitrogens is 1. The van der Waals surface area contributed by atoms with Gasteiger partial charge in [-0.2, -0.15) is 0 Å². The van der Waals surface area contributed by atoms with Crippen molar-refractivity contribution in [1.82, 2.24) is 15.6 Å². The van der Waals surface area contributed by atoms with Crippen LogP contribution in [0.3, 0.4) is 0 Å². The summed E-state index contributed by atoms with van der Waals surface area (Å²) in [5.74, 6) is 0.0311. The van der Waals surface area contributed by atoms with Crippen LogP contribution in [0, 0.1) is 5.92 Å². The van der Waals surface area contributed by atoms with E-state index in [0.717, 1.165) is 16.7 Å². The number of hydrogen-bond donors (Lipinski definition) is 2. The van der Waals surface area contributed by atoms with E-state index in [1.165, 1.54) is 0 Å². The van der Waals surface area contributed by atoms with Crippen LogP contribution in [-0.4, -0.2) is 24.5 Å². The second-order valence-corrected chi connectivity index (χ2v) is 5.55. The Morgan fingerprint density at radius 2 is 1.64 bits per heavy atom. The fourth-order valence-electron chi connectivity index (χ4n) is 2.35. The lowest BCUT2D eigenvalue weighted by atomic mass is 10.0. The van der Waals surface area contributed by atoms with E-state index >= 15 is 0 Å². The summed E-state index contributed by atoms with van der Waals surface area (Å²) in [6.45, 7) is 4.61. The van der Waals surface area contributed by atoms with E-state index in [9.17, 15) is 4.79 Å². The molecule has 4 nitrogen and oxygen atoms in total. The van der Waals surface area contributed by atoms with E-state index < -0.39 is 0 Å². The highest BCUT2D eigenvalue weighted by atomic mass is 16.1. The molecule has 0 aliphatic rings. The highest BCUT2D eigenvalue weighted by molar-refractivity contribution is 5.79. The Hall–Kier alpha value is -2.20. The van der Waals surface area contributed by atoms with Gasteiger partial charge in [-0.25, -0.2) is 0 Å². The number of benzene rings is 1. The average molecular weight is 297 g/mol. The molecule has 0 aliphatic heterocycles. The zero-order valence-electron chi connectivity index (χ0n) is 13.3. The average Bonchev–Trinajstić information content (AvgIpc) is 2.56. The van der Waals surface area contributed by atoms with E-state index in [2.05, 4.69) is 39.9 Å². The molecule has 0 saturated carbocycles. The maximum Gasteiger partial charge on any atom is 0.224 e. The maximum atomic E-state index is 12.0. The third kappa shape index (κ3) is 4.15. The third-order valence-corrected chi connectivity index (χ3v) is 3.74. The summed E-state index contributed by atoms with van der Waals surface area (Å²) < 4.78 is 0. The molecule has 0 fully saturated rings. The van der Waals surface area contributed by atoms with E-state index in [1.807, 2.05) is 33.0 Å². The largest absolute Gasteiger partial charge is 0.349 e. The molecule has 0 aliphatic carbocycles. The SMILES string of the molecule is CNCC(C)C(=O)NC(C)c1ccc(-c2ccncc2)cc1. The van der Waals surface area contributed by atoms with Gasteiger partial charge < -0.3 is 10.6 Å². The minimum Gasteiger partial charge on any atom is -0.349 e. The minimum absolute atomic E-state index is 0.00158. The first-order chi connectivity index (χ1) is 10.6. The van der Waals surface area contributed by atoms with Crippen LogP contribution in [0.15, 0.2) is 48.8 Å². The van der Waals surface area contributed by atoms with Crippen LogP contribution in [0.1, 0.15) is 25.5 Å². The van der Waals surface area contributed by atoms with Crippen LogP contribution in [0.5, 0.6) is 0 Å². The predicted octanol–water partition coefficient (Wildman–Crippen LogP) is 2.78. The molecular formula is C18H23N3O. The Morgan fingerprint density at radius 3 is 2.23 bits per heavy atom. The highest BCUT2D eigenvalue weighted by Gasteiger charge is 2.15. The summed E-state index contributed by atoms with van der Waals surface area (Å²) in [7, 11) is 1.85. The fraction of sp³-hybridized carbons (Fsp3) is 0.333. The molecule has 116 valence electrons. The molecule has 0 radical (unpaired) electrons. The second kappa shape index (κ2) is 7.71. The van der Waals surface area contributed by atoms with Crippen LogP contribution < -0.4 is 10.6 Å². The normalized spacial score (nSPS) is 13.4. The molecular weight excluding hydrogens is 274 g/mol. The van der Waals surface area contributed by atoms with E-state index in [-0.39, 0.29) is 17.9 Å². The summed E-state index contributed by atoms with van der Waals surface area (Å²) in [6, 6.07) is 12.2. The second-order valence-electron chi connectivity index (χ2n) is 5.55. The topological polar surface area (TPSA) is 54.0 Å². The molecule has 2 rings (SSSR count). The Morgan fingerprint density at radius 1 is 1.05 bits per heavy atom. The molecule has 2 aromatic rings. The molecule has 22 heavy (non-hydrogen) atoms. The molecule has 1 amide bonds.